The van der Waals surface area contributed by atoms with E-state index in [0.717, 1.165) is 18.8 Å². The summed E-state index contributed by atoms with van der Waals surface area (Å²) in [4.78, 5) is 3.44. The number of aromatic amines is 1. The SMILES string of the molecule is CC(C)c1cc2c3c(ccc2[nH]1)CCO3. The largest absolute Gasteiger partial charge is 0.492 e. The second-order valence-electron chi connectivity index (χ2n) is 4.49. The first-order valence-corrected chi connectivity index (χ1v) is 5.53. The average molecular weight is 201 g/mol. The van der Waals surface area contributed by atoms with Crippen LogP contribution >= 0.6 is 0 Å². The summed E-state index contributed by atoms with van der Waals surface area (Å²) in [6.45, 7) is 5.23. The molecule has 1 aliphatic rings. The van der Waals surface area contributed by atoms with Gasteiger partial charge in [-0.3, -0.25) is 0 Å². The van der Waals surface area contributed by atoms with Crippen LogP contribution in [-0.2, 0) is 6.42 Å². The molecule has 0 unspecified atom stereocenters. The van der Waals surface area contributed by atoms with Crippen LogP contribution in [0.1, 0.15) is 31.0 Å². The van der Waals surface area contributed by atoms with E-state index in [1.807, 2.05) is 0 Å². The van der Waals surface area contributed by atoms with Crippen LogP contribution in [0.25, 0.3) is 10.9 Å². The minimum absolute atomic E-state index is 0.537. The Morgan fingerprint density at radius 2 is 2.20 bits per heavy atom. The smallest absolute Gasteiger partial charge is 0.131 e. The van der Waals surface area contributed by atoms with Gasteiger partial charge >= 0.3 is 0 Å². The molecule has 3 rings (SSSR count). The molecule has 2 heteroatoms. The number of aromatic nitrogens is 1. The van der Waals surface area contributed by atoms with Gasteiger partial charge in [-0.1, -0.05) is 19.9 Å². The highest BCUT2D eigenvalue weighted by atomic mass is 16.5. The molecule has 0 bridgehead atoms. The Bertz CT molecular complexity index is 510. The van der Waals surface area contributed by atoms with Crippen LogP contribution in [0.15, 0.2) is 18.2 Å². The second-order valence-corrected chi connectivity index (χ2v) is 4.49. The highest BCUT2D eigenvalue weighted by molar-refractivity contribution is 5.88. The molecule has 0 saturated carbocycles. The summed E-state index contributed by atoms with van der Waals surface area (Å²) < 4.78 is 5.68. The highest BCUT2D eigenvalue weighted by Gasteiger charge is 2.17. The fourth-order valence-corrected chi connectivity index (χ4v) is 2.19. The third-order valence-corrected chi connectivity index (χ3v) is 3.10. The predicted molar refractivity (Wildman–Crippen MR) is 61.6 cm³/mol. The highest BCUT2D eigenvalue weighted by Crippen LogP contribution is 2.35. The normalized spacial score (nSPS) is 14.6. The fourth-order valence-electron chi connectivity index (χ4n) is 2.19. The van der Waals surface area contributed by atoms with Gasteiger partial charge < -0.3 is 9.72 Å². The lowest BCUT2D eigenvalue weighted by molar-refractivity contribution is 0.360. The topological polar surface area (TPSA) is 25.0 Å². The van der Waals surface area contributed by atoms with Gasteiger partial charge in [0, 0.05) is 23.0 Å². The van der Waals surface area contributed by atoms with Crippen molar-refractivity contribution >= 4 is 10.9 Å². The van der Waals surface area contributed by atoms with E-state index < -0.39 is 0 Å². The number of ether oxygens (including phenoxy) is 1. The van der Waals surface area contributed by atoms with E-state index in [0.29, 0.717) is 5.92 Å². The molecular weight excluding hydrogens is 186 g/mol. The van der Waals surface area contributed by atoms with Gasteiger partial charge in [0.1, 0.15) is 5.75 Å². The first-order chi connectivity index (χ1) is 7.25. The minimum atomic E-state index is 0.537. The second kappa shape index (κ2) is 3.02. The Morgan fingerprint density at radius 3 is 3.00 bits per heavy atom. The monoisotopic (exact) mass is 201 g/mol. The number of nitrogens with one attached hydrogen (secondary N) is 1. The number of H-pyrrole nitrogens is 1. The molecule has 0 fully saturated rings. The summed E-state index contributed by atoms with van der Waals surface area (Å²) >= 11 is 0. The van der Waals surface area contributed by atoms with Crippen molar-refractivity contribution in [2.24, 2.45) is 0 Å². The molecule has 0 amide bonds. The van der Waals surface area contributed by atoms with E-state index in [2.05, 4.69) is 37.0 Å². The molecule has 0 saturated heterocycles. The average Bonchev–Trinajstić information content (AvgIpc) is 2.82. The standard InChI is InChI=1S/C13H15NO/c1-8(2)12-7-10-11(14-12)4-3-9-5-6-15-13(9)10/h3-4,7-8,14H,5-6H2,1-2H3. The third kappa shape index (κ3) is 1.24. The predicted octanol–water partition coefficient (Wildman–Crippen LogP) is 3.23. The summed E-state index contributed by atoms with van der Waals surface area (Å²) in [5.74, 6) is 1.63. The quantitative estimate of drug-likeness (QED) is 0.752. The van der Waals surface area contributed by atoms with E-state index >= 15 is 0 Å². The lowest BCUT2D eigenvalue weighted by Gasteiger charge is -1.99. The summed E-state index contributed by atoms with van der Waals surface area (Å²) in [7, 11) is 0. The summed E-state index contributed by atoms with van der Waals surface area (Å²) in [6, 6.07) is 6.56. The van der Waals surface area contributed by atoms with Crippen molar-refractivity contribution in [3.05, 3.63) is 29.5 Å². The number of fused-ring (bicyclic) bond motifs is 3. The summed E-state index contributed by atoms with van der Waals surface area (Å²) in [5, 5.41) is 1.24. The molecular formula is C13H15NO. The van der Waals surface area contributed by atoms with Crippen molar-refractivity contribution in [1.82, 2.24) is 4.98 Å². The molecule has 1 aromatic carbocycles. The maximum Gasteiger partial charge on any atom is 0.131 e. The molecule has 2 heterocycles. The molecule has 2 aromatic rings. The number of rotatable bonds is 1. The van der Waals surface area contributed by atoms with Crippen LogP contribution in [0.5, 0.6) is 5.75 Å². The van der Waals surface area contributed by atoms with Crippen molar-refractivity contribution < 1.29 is 4.74 Å². The number of benzene rings is 1. The Labute approximate surface area is 89.3 Å². The summed E-state index contributed by atoms with van der Waals surface area (Å²) in [5.41, 5.74) is 3.82. The van der Waals surface area contributed by atoms with Crippen LogP contribution in [0, 0.1) is 0 Å². The van der Waals surface area contributed by atoms with Crippen LogP contribution < -0.4 is 4.74 Å². The lowest BCUT2D eigenvalue weighted by atomic mass is 10.1. The Kier molecular flexibility index (Phi) is 1.78. The minimum Gasteiger partial charge on any atom is -0.492 e. The molecule has 0 spiro atoms. The molecule has 1 aliphatic heterocycles. The van der Waals surface area contributed by atoms with Gasteiger partial charge in [0.25, 0.3) is 0 Å². The van der Waals surface area contributed by atoms with E-state index in [1.165, 1.54) is 22.2 Å². The van der Waals surface area contributed by atoms with Gasteiger partial charge in [0.15, 0.2) is 0 Å². The fraction of sp³-hybridized carbons (Fsp3) is 0.385. The van der Waals surface area contributed by atoms with Gasteiger partial charge in [-0.15, -0.1) is 0 Å². The lowest BCUT2D eigenvalue weighted by Crippen LogP contribution is -1.86. The zero-order valence-corrected chi connectivity index (χ0v) is 9.13. The zero-order chi connectivity index (χ0) is 10.4. The van der Waals surface area contributed by atoms with Gasteiger partial charge in [0.05, 0.1) is 6.61 Å². The molecule has 0 aliphatic carbocycles. The van der Waals surface area contributed by atoms with Crippen molar-refractivity contribution in [2.75, 3.05) is 6.61 Å². The third-order valence-electron chi connectivity index (χ3n) is 3.10. The van der Waals surface area contributed by atoms with Gasteiger partial charge in [0.2, 0.25) is 0 Å². The molecule has 78 valence electrons. The number of hydrogen-bond acceptors (Lipinski definition) is 1. The Morgan fingerprint density at radius 1 is 1.33 bits per heavy atom. The van der Waals surface area contributed by atoms with E-state index in [4.69, 9.17) is 4.74 Å². The first-order valence-electron chi connectivity index (χ1n) is 5.53. The van der Waals surface area contributed by atoms with Crippen molar-refractivity contribution in [3.63, 3.8) is 0 Å². The molecule has 1 N–H and O–H groups in total. The number of hydrogen-bond donors (Lipinski definition) is 1. The van der Waals surface area contributed by atoms with Crippen LogP contribution in [-0.4, -0.2) is 11.6 Å². The summed E-state index contributed by atoms with van der Waals surface area (Å²) in [6.07, 6.45) is 1.05. The molecule has 0 atom stereocenters. The van der Waals surface area contributed by atoms with E-state index in [9.17, 15) is 0 Å². The molecule has 0 radical (unpaired) electrons. The van der Waals surface area contributed by atoms with Crippen molar-refractivity contribution in [2.45, 2.75) is 26.2 Å². The van der Waals surface area contributed by atoms with Gasteiger partial charge in [-0.25, -0.2) is 0 Å². The van der Waals surface area contributed by atoms with E-state index in [1.54, 1.807) is 0 Å². The maximum absolute atomic E-state index is 5.68. The maximum atomic E-state index is 5.68. The van der Waals surface area contributed by atoms with Crippen LogP contribution in [0.3, 0.4) is 0 Å². The van der Waals surface area contributed by atoms with Crippen LogP contribution in [0.2, 0.25) is 0 Å². The zero-order valence-electron chi connectivity index (χ0n) is 9.13. The Hall–Kier alpha value is -1.44. The van der Waals surface area contributed by atoms with E-state index in [-0.39, 0.29) is 0 Å². The van der Waals surface area contributed by atoms with Crippen molar-refractivity contribution in [3.8, 4) is 5.75 Å². The van der Waals surface area contributed by atoms with Crippen LogP contribution in [0.4, 0.5) is 0 Å². The molecule has 2 nitrogen and oxygen atoms in total. The van der Waals surface area contributed by atoms with Crippen molar-refractivity contribution in [1.29, 1.82) is 0 Å². The van der Waals surface area contributed by atoms with Gasteiger partial charge in [-0.2, -0.15) is 0 Å². The molecule has 15 heavy (non-hydrogen) atoms. The Balaban J connectivity index is 2.27. The van der Waals surface area contributed by atoms with Gasteiger partial charge in [-0.05, 0) is 23.6 Å². The molecule has 1 aromatic heterocycles. The first kappa shape index (κ1) is 8.84.